The lowest BCUT2D eigenvalue weighted by Crippen LogP contribution is -2.29. The number of sulfonamides is 1. The molecule has 2 aromatic rings. The van der Waals surface area contributed by atoms with Gasteiger partial charge in [0.1, 0.15) is 11.5 Å². The second-order valence-electron chi connectivity index (χ2n) is 5.80. The molecule has 1 amide bonds. The summed E-state index contributed by atoms with van der Waals surface area (Å²) in [5.41, 5.74) is 2.65. The third-order valence-corrected chi connectivity index (χ3v) is 5.31. The molecule has 30 heavy (non-hydrogen) atoms. The lowest BCUT2D eigenvalue weighted by atomic mass is 10.2. The highest BCUT2D eigenvalue weighted by Crippen LogP contribution is 2.22. The summed E-state index contributed by atoms with van der Waals surface area (Å²) in [6.45, 7) is -0.177. The lowest BCUT2D eigenvalue weighted by molar-refractivity contribution is -0.384. The zero-order valence-electron chi connectivity index (χ0n) is 16.2. The van der Waals surface area contributed by atoms with Gasteiger partial charge in [0, 0.05) is 30.7 Å². The minimum Gasteiger partial charge on any atom is -0.497 e. The molecule has 0 saturated heterocycles. The van der Waals surface area contributed by atoms with Crippen LogP contribution in [0.5, 0.6) is 11.5 Å². The zero-order valence-corrected chi connectivity index (χ0v) is 17.0. The highest BCUT2D eigenvalue weighted by Gasteiger charge is 2.16. The molecule has 0 fully saturated rings. The fourth-order valence-corrected chi connectivity index (χ4v) is 3.33. The van der Waals surface area contributed by atoms with Gasteiger partial charge in [0.25, 0.3) is 5.69 Å². The van der Waals surface area contributed by atoms with E-state index in [1.165, 1.54) is 20.4 Å². The molecule has 2 N–H and O–H groups in total. The van der Waals surface area contributed by atoms with Crippen molar-refractivity contribution in [2.75, 3.05) is 20.8 Å². The Kier molecular flexibility index (Phi) is 7.83. The first kappa shape index (κ1) is 22.8. The van der Waals surface area contributed by atoms with Crippen molar-refractivity contribution in [3.63, 3.8) is 0 Å². The fourth-order valence-electron chi connectivity index (χ4n) is 2.30. The number of methoxy groups -OCH3 is 2. The molecular formula is C18H20N4O7S. The predicted octanol–water partition coefficient (Wildman–Crippen LogP) is 1.43. The van der Waals surface area contributed by atoms with Gasteiger partial charge in [0.2, 0.25) is 15.9 Å². The van der Waals surface area contributed by atoms with Gasteiger partial charge in [-0.05, 0) is 30.3 Å². The number of nitro groups is 1. The number of non-ortho nitro benzene ring substituents is 1. The lowest BCUT2D eigenvalue weighted by Gasteiger charge is -2.07. The minimum absolute atomic E-state index is 0.142. The van der Waals surface area contributed by atoms with Crippen molar-refractivity contribution in [3.05, 3.63) is 58.1 Å². The number of hydrogen-bond donors (Lipinski definition) is 2. The van der Waals surface area contributed by atoms with Crippen LogP contribution in [-0.4, -0.2) is 46.2 Å². The maximum atomic E-state index is 12.2. The van der Waals surface area contributed by atoms with Crippen LogP contribution < -0.4 is 19.6 Å². The van der Waals surface area contributed by atoms with Crippen LogP contribution in [0.1, 0.15) is 12.0 Å². The van der Waals surface area contributed by atoms with Crippen LogP contribution in [0, 0.1) is 10.1 Å². The second-order valence-corrected chi connectivity index (χ2v) is 7.57. The Balaban J connectivity index is 1.87. The third kappa shape index (κ3) is 6.25. The number of rotatable bonds is 10. The van der Waals surface area contributed by atoms with E-state index < -0.39 is 20.9 Å². The molecule has 160 valence electrons. The highest BCUT2D eigenvalue weighted by molar-refractivity contribution is 7.89. The number of amides is 1. The van der Waals surface area contributed by atoms with Gasteiger partial charge < -0.3 is 9.47 Å². The minimum atomic E-state index is -3.90. The molecule has 0 aliphatic rings. The molecule has 0 aliphatic heterocycles. The number of hydrogen-bond acceptors (Lipinski definition) is 8. The van der Waals surface area contributed by atoms with E-state index in [4.69, 9.17) is 9.47 Å². The van der Waals surface area contributed by atoms with Crippen LogP contribution in [0.3, 0.4) is 0 Å². The average molecular weight is 436 g/mol. The van der Waals surface area contributed by atoms with E-state index in [0.717, 1.165) is 24.3 Å². The Labute approximate surface area is 172 Å². The summed E-state index contributed by atoms with van der Waals surface area (Å²) in [6, 6.07) is 9.48. The van der Waals surface area contributed by atoms with Crippen molar-refractivity contribution in [2.45, 2.75) is 11.3 Å². The molecule has 0 saturated carbocycles. The van der Waals surface area contributed by atoms with E-state index in [1.54, 1.807) is 18.2 Å². The topological polar surface area (TPSA) is 149 Å². The number of carbonyl (C=O) groups excluding carboxylic acids is 1. The monoisotopic (exact) mass is 436 g/mol. The molecule has 0 atom stereocenters. The molecule has 11 nitrogen and oxygen atoms in total. The highest BCUT2D eigenvalue weighted by atomic mass is 32.2. The number of nitrogens with zero attached hydrogens (tertiary/aromatic N) is 2. The van der Waals surface area contributed by atoms with Gasteiger partial charge in [-0.3, -0.25) is 14.9 Å². The van der Waals surface area contributed by atoms with Gasteiger partial charge in [0.15, 0.2) is 0 Å². The SMILES string of the molecule is COc1ccc(OC)c(/C=N/NC(=O)CCNS(=O)(=O)c2ccc([N+](=O)[O-])cc2)c1. The quantitative estimate of drug-likeness (QED) is 0.325. The zero-order chi connectivity index (χ0) is 22.1. The molecule has 2 rings (SSSR count). The molecule has 2 aromatic carbocycles. The van der Waals surface area contributed by atoms with Crippen molar-refractivity contribution in [1.82, 2.24) is 10.1 Å². The van der Waals surface area contributed by atoms with Gasteiger partial charge >= 0.3 is 0 Å². The number of hydrazone groups is 1. The number of carbonyl (C=O) groups is 1. The van der Waals surface area contributed by atoms with Crippen molar-refractivity contribution in [2.24, 2.45) is 5.10 Å². The Morgan fingerprint density at radius 1 is 1.17 bits per heavy atom. The van der Waals surface area contributed by atoms with Gasteiger partial charge in [-0.15, -0.1) is 0 Å². The number of ether oxygens (including phenoxy) is 2. The van der Waals surface area contributed by atoms with Crippen molar-refractivity contribution < 1.29 is 27.6 Å². The Hall–Kier alpha value is -3.51. The molecule has 0 unspecified atom stereocenters. The van der Waals surface area contributed by atoms with E-state index in [2.05, 4.69) is 15.2 Å². The summed E-state index contributed by atoms with van der Waals surface area (Å²) in [4.78, 5) is 21.7. The first-order valence-electron chi connectivity index (χ1n) is 8.55. The molecule has 0 aromatic heterocycles. The van der Waals surface area contributed by atoms with Crippen LogP contribution in [0.15, 0.2) is 52.5 Å². The van der Waals surface area contributed by atoms with E-state index in [-0.39, 0.29) is 23.5 Å². The summed E-state index contributed by atoms with van der Waals surface area (Å²) in [7, 11) is -0.889. The van der Waals surface area contributed by atoms with Crippen LogP contribution in [0.25, 0.3) is 0 Å². The summed E-state index contributed by atoms with van der Waals surface area (Å²) < 4.78 is 36.9. The number of benzene rings is 2. The maximum Gasteiger partial charge on any atom is 0.269 e. The van der Waals surface area contributed by atoms with Crippen LogP contribution in [0.4, 0.5) is 5.69 Å². The normalized spacial score (nSPS) is 11.3. The van der Waals surface area contributed by atoms with Gasteiger partial charge in [-0.25, -0.2) is 18.6 Å². The second kappa shape index (κ2) is 10.3. The van der Waals surface area contributed by atoms with Gasteiger partial charge in [0.05, 0.1) is 30.3 Å². The summed E-state index contributed by atoms with van der Waals surface area (Å²) in [6.07, 6.45) is 1.21. The van der Waals surface area contributed by atoms with E-state index in [1.807, 2.05) is 0 Å². The van der Waals surface area contributed by atoms with Crippen LogP contribution in [0.2, 0.25) is 0 Å². The first-order valence-corrected chi connectivity index (χ1v) is 10.0. The third-order valence-electron chi connectivity index (χ3n) is 3.83. The van der Waals surface area contributed by atoms with Crippen LogP contribution >= 0.6 is 0 Å². The summed E-state index contributed by atoms with van der Waals surface area (Å²) in [5.74, 6) is 0.605. The smallest absolute Gasteiger partial charge is 0.269 e. The number of nitrogens with one attached hydrogen (secondary N) is 2. The fraction of sp³-hybridized carbons (Fsp3) is 0.222. The maximum absolute atomic E-state index is 12.2. The van der Waals surface area contributed by atoms with Crippen LogP contribution in [-0.2, 0) is 14.8 Å². The van der Waals surface area contributed by atoms with Crippen molar-refractivity contribution in [1.29, 1.82) is 0 Å². The Bertz CT molecular complexity index is 1040. The summed E-state index contributed by atoms with van der Waals surface area (Å²) >= 11 is 0. The van der Waals surface area contributed by atoms with Crippen molar-refractivity contribution >= 4 is 27.8 Å². The average Bonchev–Trinajstić information content (AvgIpc) is 2.73. The van der Waals surface area contributed by atoms with Gasteiger partial charge in [-0.2, -0.15) is 5.10 Å². The molecule has 0 spiro atoms. The Morgan fingerprint density at radius 3 is 2.47 bits per heavy atom. The molecule has 0 heterocycles. The van der Waals surface area contributed by atoms with E-state index in [9.17, 15) is 23.3 Å². The molecule has 0 bridgehead atoms. The largest absolute Gasteiger partial charge is 0.497 e. The van der Waals surface area contributed by atoms with E-state index in [0.29, 0.717) is 17.1 Å². The number of nitro benzene ring substituents is 1. The first-order chi connectivity index (χ1) is 14.3. The Morgan fingerprint density at radius 2 is 1.87 bits per heavy atom. The molecule has 12 heteroatoms. The standard InChI is InChI=1S/C18H20N4O7S/c1-28-15-5-8-17(29-2)13(11-15)12-19-21-18(23)9-10-20-30(26,27)16-6-3-14(4-7-16)22(24)25/h3-8,11-12,20H,9-10H2,1-2H3,(H,21,23)/b19-12+. The predicted molar refractivity (Wildman–Crippen MR) is 108 cm³/mol. The molecule has 0 aliphatic carbocycles. The van der Waals surface area contributed by atoms with Gasteiger partial charge in [-0.1, -0.05) is 0 Å². The molecule has 0 radical (unpaired) electrons. The van der Waals surface area contributed by atoms with E-state index >= 15 is 0 Å². The summed E-state index contributed by atoms with van der Waals surface area (Å²) in [5, 5.41) is 14.4. The van der Waals surface area contributed by atoms with Crippen molar-refractivity contribution in [3.8, 4) is 11.5 Å². The molecular weight excluding hydrogens is 416 g/mol.